The molecule has 8 nitrogen and oxygen atoms in total. The van der Waals surface area contributed by atoms with Gasteiger partial charge in [0.15, 0.2) is 0 Å². The third kappa shape index (κ3) is 3.13. The third-order valence-electron chi connectivity index (χ3n) is 4.60. The predicted octanol–water partition coefficient (Wildman–Crippen LogP) is 0.604. The molecule has 3 heterocycles. The van der Waals surface area contributed by atoms with Gasteiger partial charge in [0.1, 0.15) is 5.82 Å². The third-order valence-corrected chi connectivity index (χ3v) is 4.60. The fourth-order valence-corrected chi connectivity index (χ4v) is 3.20. The average Bonchev–Trinajstić information content (AvgIpc) is 2.71. The molecule has 132 valence electrons. The molecule has 0 spiro atoms. The lowest BCUT2D eigenvalue weighted by molar-refractivity contribution is -0.130. The number of fused-ring (bicyclic) bond motifs is 1. The lowest BCUT2D eigenvalue weighted by Crippen LogP contribution is -2.49. The normalized spacial score (nSPS) is 14.6. The number of rotatable bonds is 3. The SMILES string of the molecule is O=C(Cc1n[nH]c(=O)c2ccccc12)N1CCN(c2cnccn2)CC1. The van der Waals surface area contributed by atoms with Gasteiger partial charge in [-0.2, -0.15) is 5.10 Å². The second kappa shape index (κ2) is 6.91. The molecule has 0 saturated carbocycles. The summed E-state index contributed by atoms with van der Waals surface area (Å²) in [5.41, 5.74) is 0.357. The maximum absolute atomic E-state index is 12.7. The molecular weight excluding hydrogens is 332 g/mol. The number of piperazine rings is 1. The minimum absolute atomic E-state index is 0.00787. The maximum atomic E-state index is 12.7. The van der Waals surface area contributed by atoms with Crippen molar-refractivity contribution in [1.82, 2.24) is 25.1 Å². The van der Waals surface area contributed by atoms with Crippen LogP contribution in [0.15, 0.2) is 47.7 Å². The smallest absolute Gasteiger partial charge is 0.272 e. The summed E-state index contributed by atoms with van der Waals surface area (Å²) >= 11 is 0. The first-order chi connectivity index (χ1) is 12.7. The van der Waals surface area contributed by atoms with Gasteiger partial charge in [-0.25, -0.2) is 10.1 Å². The van der Waals surface area contributed by atoms with E-state index in [1.165, 1.54) is 0 Å². The highest BCUT2D eigenvalue weighted by atomic mass is 16.2. The largest absolute Gasteiger partial charge is 0.352 e. The van der Waals surface area contributed by atoms with Crippen LogP contribution in [0.4, 0.5) is 5.82 Å². The van der Waals surface area contributed by atoms with Crippen LogP contribution in [-0.4, -0.2) is 57.2 Å². The van der Waals surface area contributed by atoms with E-state index >= 15 is 0 Å². The van der Waals surface area contributed by atoms with Crippen LogP contribution in [0.5, 0.6) is 0 Å². The molecule has 1 saturated heterocycles. The topological polar surface area (TPSA) is 95.1 Å². The Morgan fingerprint density at radius 1 is 1.08 bits per heavy atom. The lowest BCUT2D eigenvalue weighted by atomic mass is 10.1. The van der Waals surface area contributed by atoms with Crippen molar-refractivity contribution in [2.75, 3.05) is 31.1 Å². The number of aromatic amines is 1. The number of hydrogen-bond acceptors (Lipinski definition) is 6. The van der Waals surface area contributed by atoms with Gasteiger partial charge in [0, 0.05) is 44.0 Å². The summed E-state index contributed by atoms with van der Waals surface area (Å²) in [5, 5.41) is 7.85. The van der Waals surface area contributed by atoms with Gasteiger partial charge >= 0.3 is 0 Å². The number of aromatic nitrogens is 4. The zero-order valence-corrected chi connectivity index (χ0v) is 14.1. The van der Waals surface area contributed by atoms with E-state index < -0.39 is 0 Å². The molecule has 4 rings (SSSR count). The molecule has 0 atom stereocenters. The molecule has 1 amide bonds. The summed E-state index contributed by atoms with van der Waals surface area (Å²) in [6.45, 7) is 2.67. The van der Waals surface area contributed by atoms with Crippen molar-refractivity contribution in [2.45, 2.75) is 6.42 Å². The fraction of sp³-hybridized carbons (Fsp3) is 0.278. The van der Waals surface area contributed by atoms with E-state index in [-0.39, 0.29) is 17.9 Å². The number of amides is 1. The van der Waals surface area contributed by atoms with Crippen LogP contribution < -0.4 is 10.5 Å². The van der Waals surface area contributed by atoms with Gasteiger partial charge in [-0.3, -0.25) is 14.6 Å². The van der Waals surface area contributed by atoms with Crippen molar-refractivity contribution in [2.24, 2.45) is 0 Å². The molecule has 0 aliphatic carbocycles. The standard InChI is InChI=1S/C18H18N6O2/c25-17(11-15-13-3-1-2-4-14(13)18(26)22-21-15)24-9-7-23(8-10-24)16-12-19-5-6-20-16/h1-6,12H,7-11H2,(H,22,26). The van der Waals surface area contributed by atoms with E-state index in [1.54, 1.807) is 30.7 Å². The number of H-pyrrole nitrogens is 1. The highest BCUT2D eigenvalue weighted by Crippen LogP contribution is 2.15. The van der Waals surface area contributed by atoms with Crippen molar-refractivity contribution in [3.63, 3.8) is 0 Å². The molecule has 1 aromatic carbocycles. The molecule has 1 fully saturated rings. The van der Waals surface area contributed by atoms with E-state index in [9.17, 15) is 9.59 Å². The molecule has 1 aliphatic heterocycles. The van der Waals surface area contributed by atoms with Gasteiger partial charge in [-0.1, -0.05) is 18.2 Å². The Balaban J connectivity index is 1.45. The van der Waals surface area contributed by atoms with Crippen LogP contribution in [-0.2, 0) is 11.2 Å². The highest BCUT2D eigenvalue weighted by Gasteiger charge is 2.23. The van der Waals surface area contributed by atoms with Gasteiger partial charge in [-0.15, -0.1) is 0 Å². The summed E-state index contributed by atoms with van der Waals surface area (Å²) in [7, 11) is 0. The number of hydrogen-bond donors (Lipinski definition) is 1. The molecule has 0 bridgehead atoms. The Hall–Kier alpha value is -3.29. The lowest BCUT2D eigenvalue weighted by Gasteiger charge is -2.35. The van der Waals surface area contributed by atoms with Crippen LogP contribution in [0.1, 0.15) is 5.69 Å². The van der Waals surface area contributed by atoms with Crippen LogP contribution in [0, 0.1) is 0 Å². The van der Waals surface area contributed by atoms with E-state index in [2.05, 4.69) is 25.1 Å². The maximum Gasteiger partial charge on any atom is 0.272 e. The summed E-state index contributed by atoms with van der Waals surface area (Å²) in [4.78, 5) is 36.9. The average molecular weight is 350 g/mol. The number of benzene rings is 1. The Morgan fingerprint density at radius 2 is 1.85 bits per heavy atom. The van der Waals surface area contributed by atoms with Crippen molar-refractivity contribution in [1.29, 1.82) is 0 Å². The minimum Gasteiger partial charge on any atom is -0.352 e. The number of carbonyl (C=O) groups excluding carboxylic acids is 1. The summed E-state index contributed by atoms with van der Waals surface area (Å²) < 4.78 is 0. The molecular formula is C18H18N6O2. The number of nitrogens with zero attached hydrogens (tertiary/aromatic N) is 5. The zero-order chi connectivity index (χ0) is 17.9. The first-order valence-corrected chi connectivity index (χ1v) is 8.47. The fourth-order valence-electron chi connectivity index (χ4n) is 3.20. The molecule has 3 aromatic rings. The minimum atomic E-state index is -0.241. The van der Waals surface area contributed by atoms with Gasteiger partial charge in [0.05, 0.1) is 23.7 Å². The van der Waals surface area contributed by atoms with E-state index in [0.29, 0.717) is 37.3 Å². The number of nitrogens with one attached hydrogen (secondary N) is 1. The monoisotopic (exact) mass is 350 g/mol. The Bertz CT molecular complexity index is 980. The second-order valence-corrected chi connectivity index (χ2v) is 6.15. The van der Waals surface area contributed by atoms with Crippen LogP contribution in [0.3, 0.4) is 0 Å². The molecule has 2 aromatic heterocycles. The van der Waals surface area contributed by atoms with Crippen molar-refractivity contribution in [3.8, 4) is 0 Å². The zero-order valence-electron chi connectivity index (χ0n) is 14.1. The molecule has 26 heavy (non-hydrogen) atoms. The van der Waals surface area contributed by atoms with Crippen LogP contribution in [0.2, 0.25) is 0 Å². The van der Waals surface area contributed by atoms with Crippen LogP contribution >= 0.6 is 0 Å². The summed E-state index contributed by atoms with van der Waals surface area (Å²) in [6, 6.07) is 7.21. The van der Waals surface area contributed by atoms with Crippen LogP contribution in [0.25, 0.3) is 10.8 Å². The molecule has 0 radical (unpaired) electrons. The van der Waals surface area contributed by atoms with Gasteiger partial charge < -0.3 is 9.80 Å². The Kier molecular flexibility index (Phi) is 4.30. The molecule has 0 unspecified atom stereocenters. The number of anilines is 1. The van der Waals surface area contributed by atoms with E-state index in [4.69, 9.17) is 0 Å². The highest BCUT2D eigenvalue weighted by molar-refractivity contribution is 5.88. The quantitative estimate of drug-likeness (QED) is 0.743. The van der Waals surface area contributed by atoms with Crippen molar-refractivity contribution < 1.29 is 4.79 Å². The first kappa shape index (κ1) is 16.2. The second-order valence-electron chi connectivity index (χ2n) is 6.15. The Labute approximate surface area is 149 Å². The molecule has 1 N–H and O–H groups in total. The molecule has 1 aliphatic rings. The molecule has 8 heteroatoms. The van der Waals surface area contributed by atoms with Crippen molar-refractivity contribution >= 4 is 22.5 Å². The summed E-state index contributed by atoms with van der Waals surface area (Å²) in [5.74, 6) is 0.835. The van der Waals surface area contributed by atoms with Gasteiger partial charge in [0.25, 0.3) is 5.56 Å². The van der Waals surface area contributed by atoms with Gasteiger partial charge in [0.2, 0.25) is 5.91 Å². The number of carbonyl (C=O) groups is 1. The van der Waals surface area contributed by atoms with Gasteiger partial charge in [-0.05, 0) is 6.07 Å². The van der Waals surface area contributed by atoms with Crippen molar-refractivity contribution in [3.05, 3.63) is 58.9 Å². The van der Waals surface area contributed by atoms with E-state index in [0.717, 1.165) is 11.2 Å². The summed E-state index contributed by atoms with van der Waals surface area (Å²) in [6.07, 6.45) is 5.21. The van der Waals surface area contributed by atoms with E-state index in [1.807, 2.05) is 17.0 Å². The first-order valence-electron chi connectivity index (χ1n) is 8.47. The Morgan fingerprint density at radius 3 is 2.58 bits per heavy atom. The predicted molar refractivity (Wildman–Crippen MR) is 96.9 cm³/mol.